The van der Waals surface area contributed by atoms with Crippen molar-refractivity contribution < 1.29 is 13.2 Å². The van der Waals surface area contributed by atoms with Crippen molar-refractivity contribution in [3.05, 3.63) is 59.2 Å². The van der Waals surface area contributed by atoms with Crippen LogP contribution >= 0.6 is 0 Å². The van der Waals surface area contributed by atoms with E-state index in [4.69, 9.17) is 0 Å². The Morgan fingerprint density at radius 3 is 2.54 bits per heavy atom. The number of piperazine rings is 1. The molecule has 0 aliphatic carbocycles. The first-order valence-corrected chi connectivity index (χ1v) is 13.2. The SMILES string of the molecule is Cc1[nH]nc(C(=O)Cc2cnc3[nH]c(-c4ccnc(N5CCN(S(C)(=O)=O)CC5)c4)cc3c2)c1C. The third-order valence-corrected chi connectivity index (χ3v) is 7.80. The van der Waals surface area contributed by atoms with Crippen molar-refractivity contribution >= 4 is 32.7 Å². The zero-order valence-electron chi connectivity index (χ0n) is 19.9. The van der Waals surface area contributed by atoms with Gasteiger partial charge in [-0.2, -0.15) is 9.40 Å². The molecule has 10 nitrogen and oxygen atoms in total. The predicted octanol–water partition coefficient (Wildman–Crippen LogP) is 2.47. The molecule has 0 spiro atoms. The van der Waals surface area contributed by atoms with Crippen LogP contribution in [0.4, 0.5) is 5.82 Å². The number of hydrogen-bond donors (Lipinski definition) is 2. The summed E-state index contributed by atoms with van der Waals surface area (Å²) in [5.41, 5.74) is 5.66. The minimum Gasteiger partial charge on any atom is -0.354 e. The molecular weight excluding hydrogens is 466 g/mol. The maximum absolute atomic E-state index is 12.7. The monoisotopic (exact) mass is 493 g/mol. The van der Waals surface area contributed by atoms with Crippen molar-refractivity contribution in [2.24, 2.45) is 0 Å². The first-order chi connectivity index (χ1) is 16.7. The van der Waals surface area contributed by atoms with Crippen LogP contribution in [0.1, 0.15) is 27.3 Å². The van der Waals surface area contributed by atoms with Crippen molar-refractivity contribution in [1.29, 1.82) is 0 Å². The Bertz CT molecular complexity index is 1520. The highest BCUT2D eigenvalue weighted by molar-refractivity contribution is 7.88. The minimum absolute atomic E-state index is 0.0431. The number of aryl methyl sites for hydroxylation is 1. The summed E-state index contributed by atoms with van der Waals surface area (Å²) in [6.07, 6.45) is 4.94. The summed E-state index contributed by atoms with van der Waals surface area (Å²) in [6, 6.07) is 7.91. The topological polar surface area (TPSA) is 128 Å². The molecule has 0 aromatic carbocycles. The Morgan fingerprint density at radius 2 is 1.86 bits per heavy atom. The lowest BCUT2D eigenvalue weighted by Crippen LogP contribution is -2.48. The van der Waals surface area contributed by atoms with Crippen molar-refractivity contribution in [2.45, 2.75) is 20.3 Å². The standard InChI is InChI=1S/C24H27N7O3S/c1-15-16(2)28-29-23(15)21(32)11-17-10-19-12-20(27-24(19)26-14-17)18-4-5-25-22(13-18)30-6-8-31(9-7-30)35(3,33)34/h4-5,10,12-14H,6-9,11H2,1-3H3,(H,26,27)(H,28,29). The van der Waals surface area contributed by atoms with Crippen molar-refractivity contribution in [3.63, 3.8) is 0 Å². The summed E-state index contributed by atoms with van der Waals surface area (Å²) < 4.78 is 25.1. The van der Waals surface area contributed by atoms with Crippen molar-refractivity contribution in [1.82, 2.24) is 29.5 Å². The fraction of sp³-hybridized carbons (Fsp3) is 0.333. The summed E-state index contributed by atoms with van der Waals surface area (Å²) in [4.78, 5) is 27.2. The predicted molar refractivity (Wildman–Crippen MR) is 134 cm³/mol. The fourth-order valence-corrected chi connectivity index (χ4v) is 5.17. The lowest BCUT2D eigenvalue weighted by molar-refractivity contribution is 0.0987. The first kappa shape index (κ1) is 23.2. The second-order valence-corrected chi connectivity index (χ2v) is 10.9. The largest absolute Gasteiger partial charge is 0.354 e. The van der Waals surface area contributed by atoms with Gasteiger partial charge in [-0.3, -0.25) is 9.89 Å². The molecule has 0 bridgehead atoms. The number of carbonyl (C=O) groups excluding carboxylic acids is 1. The van der Waals surface area contributed by atoms with E-state index < -0.39 is 10.0 Å². The molecule has 0 atom stereocenters. The Morgan fingerprint density at radius 1 is 1.09 bits per heavy atom. The Balaban J connectivity index is 1.34. The normalized spacial score (nSPS) is 15.1. The van der Waals surface area contributed by atoms with Gasteiger partial charge in [-0.05, 0) is 43.7 Å². The van der Waals surface area contributed by atoms with E-state index in [1.54, 1.807) is 12.4 Å². The molecule has 5 heterocycles. The van der Waals surface area contributed by atoms with Gasteiger partial charge in [0.05, 0.1) is 6.26 Å². The molecule has 182 valence electrons. The third-order valence-electron chi connectivity index (χ3n) is 6.50. The molecule has 1 aliphatic rings. The van der Waals surface area contributed by atoms with E-state index in [0.717, 1.165) is 44.9 Å². The zero-order valence-corrected chi connectivity index (χ0v) is 20.7. The fourth-order valence-electron chi connectivity index (χ4n) is 4.35. The van der Waals surface area contributed by atoms with Crippen LogP contribution in [-0.2, 0) is 16.4 Å². The highest BCUT2D eigenvalue weighted by Crippen LogP contribution is 2.27. The van der Waals surface area contributed by atoms with Gasteiger partial charge in [0.25, 0.3) is 0 Å². The van der Waals surface area contributed by atoms with E-state index in [9.17, 15) is 13.2 Å². The number of carbonyl (C=O) groups is 1. The van der Waals surface area contributed by atoms with E-state index in [1.807, 2.05) is 38.1 Å². The molecule has 0 amide bonds. The number of rotatable bonds is 6. The average molecular weight is 494 g/mol. The van der Waals surface area contributed by atoms with Gasteiger partial charge in [-0.15, -0.1) is 0 Å². The van der Waals surface area contributed by atoms with Gasteiger partial charge in [-0.25, -0.2) is 18.4 Å². The molecule has 0 radical (unpaired) electrons. The molecule has 11 heteroatoms. The van der Waals surface area contributed by atoms with Gasteiger partial charge in [0.1, 0.15) is 17.2 Å². The summed E-state index contributed by atoms with van der Waals surface area (Å²) in [6.45, 7) is 5.85. The molecule has 0 saturated carbocycles. The lowest BCUT2D eigenvalue weighted by atomic mass is 10.0. The molecule has 0 unspecified atom stereocenters. The molecule has 2 N–H and O–H groups in total. The second-order valence-electron chi connectivity index (χ2n) is 8.94. The molecule has 4 aromatic heterocycles. The maximum atomic E-state index is 12.7. The van der Waals surface area contributed by atoms with Gasteiger partial charge in [0.2, 0.25) is 10.0 Å². The summed E-state index contributed by atoms with van der Waals surface area (Å²) in [7, 11) is -3.18. The number of nitrogens with one attached hydrogen (secondary N) is 2. The second kappa shape index (κ2) is 8.90. The molecule has 5 rings (SSSR count). The van der Waals surface area contributed by atoms with Crippen LogP contribution in [0.5, 0.6) is 0 Å². The van der Waals surface area contributed by atoms with Crippen molar-refractivity contribution in [3.8, 4) is 11.3 Å². The molecule has 1 fully saturated rings. The highest BCUT2D eigenvalue weighted by Gasteiger charge is 2.24. The Hall–Kier alpha value is -3.57. The van der Waals surface area contributed by atoms with Crippen LogP contribution in [0.2, 0.25) is 0 Å². The van der Waals surface area contributed by atoms with Crippen LogP contribution in [0.25, 0.3) is 22.3 Å². The van der Waals surface area contributed by atoms with E-state index in [-0.39, 0.29) is 12.2 Å². The first-order valence-electron chi connectivity index (χ1n) is 11.4. The Kier molecular flexibility index (Phi) is 5.89. The molecular formula is C24H27N7O3S. The number of Topliss-reactive ketones (excluding diaryl/α,β-unsaturated/α-hetero) is 1. The van der Waals surface area contributed by atoms with E-state index in [0.29, 0.717) is 31.9 Å². The van der Waals surface area contributed by atoms with Gasteiger partial charge < -0.3 is 9.88 Å². The van der Waals surface area contributed by atoms with E-state index in [2.05, 4.69) is 30.0 Å². The number of ketones is 1. The summed E-state index contributed by atoms with van der Waals surface area (Å²) in [5, 5.41) is 7.92. The Labute approximate surface area is 203 Å². The molecule has 4 aromatic rings. The number of H-pyrrole nitrogens is 2. The number of nitrogens with zero attached hydrogens (tertiary/aromatic N) is 5. The van der Waals surface area contributed by atoms with Gasteiger partial charge in [0.15, 0.2) is 5.78 Å². The van der Waals surface area contributed by atoms with Crippen LogP contribution in [-0.4, -0.2) is 76.1 Å². The smallest absolute Gasteiger partial charge is 0.211 e. The summed E-state index contributed by atoms with van der Waals surface area (Å²) in [5.74, 6) is 0.761. The van der Waals surface area contributed by atoms with Crippen molar-refractivity contribution in [2.75, 3.05) is 37.3 Å². The van der Waals surface area contributed by atoms with E-state index in [1.165, 1.54) is 10.6 Å². The van der Waals surface area contributed by atoms with Gasteiger partial charge in [-0.1, -0.05) is 0 Å². The minimum atomic E-state index is -3.18. The zero-order chi connectivity index (χ0) is 24.7. The van der Waals surface area contributed by atoms with E-state index >= 15 is 0 Å². The molecule has 1 saturated heterocycles. The highest BCUT2D eigenvalue weighted by atomic mass is 32.2. The average Bonchev–Trinajstić information content (AvgIpc) is 3.41. The number of aromatic amines is 2. The molecule has 1 aliphatic heterocycles. The summed E-state index contributed by atoms with van der Waals surface area (Å²) >= 11 is 0. The van der Waals surface area contributed by atoms with Crippen LogP contribution in [0, 0.1) is 13.8 Å². The maximum Gasteiger partial charge on any atom is 0.211 e. The van der Waals surface area contributed by atoms with Crippen LogP contribution < -0.4 is 4.90 Å². The van der Waals surface area contributed by atoms with Crippen LogP contribution in [0.3, 0.4) is 0 Å². The number of pyridine rings is 2. The number of aromatic nitrogens is 5. The number of anilines is 1. The number of fused-ring (bicyclic) bond motifs is 1. The quantitative estimate of drug-likeness (QED) is 0.395. The van der Waals surface area contributed by atoms with Crippen LogP contribution in [0.15, 0.2) is 36.7 Å². The lowest BCUT2D eigenvalue weighted by Gasteiger charge is -2.34. The van der Waals surface area contributed by atoms with Gasteiger partial charge >= 0.3 is 0 Å². The number of hydrogen-bond acceptors (Lipinski definition) is 7. The third kappa shape index (κ3) is 4.69. The van der Waals surface area contributed by atoms with Gasteiger partial charge in [0, 0.05) is 72.9 Å². The number of sulfonamides is 1. The molecule has 35 heavy (non-hydrogen) atoms.